The molecule has 2 heteroatoms. The lowest BCUT2D eigenvalue weighted by molar-refractivity contribution is -0.141. The van der Waals surface area contributed by atoms with E-state index in [1.54, 1.807) is 0 Å². The molecule has 2 unspecified atom stereocenters. The van der Waals surface area contributed by atoms with E-state index < -0.39 is 0 Å². The fourth-order valence-corrected chi connectivity index (χ4v) is 9.21. The van der Waals surface area contributed by atoms with Gasteiger partial charge in [-0.2, -0.15) is 0 Å². The minimum Gasteiger partial charge on any atom is -0.299 e. The summed E-state index contributed by atoms with van der Waals surface area (Å²) in [6.07, 6.45) is 14.2. The summed E-state index contributed by atoms with van der Waals surface area (Å²) < 4.78 is 0. The number of carbonyl (C=O) groups is 2. The average molecular weight is 353 g/mol. The third-order valence-electron chi connectivity index (χ3n) is 10.2. The Hall–Kier alpha value is -1.18. The van der Waals surface area contributed by atoms with Crippen molar-refractivity contribution in [2.24, 2.45) is 39.9 Å². The molecule has 0 aliphatic heterocycles. The minimum absolute atomic E-state index is 0.150. The van der Waals surface area contributed by atoms with Gasteiger partial charge in [-0.1, -0.05) is 18.6 Å². The monoisotopic (exact) mass is 352 g/mol. The minimum atomic E-state index is -0.154. The molecule has 2 bridgehead atoms. The summed E-state index contributed by atoms with van der Waals surface area (Å²) in [6.45, 7) is 8.47. The maximum atomic E-state index is 13.0. The molecule has 2 nitrogen and oxygen atoms in total. The smallest absolute Gasteiger partial charge is 0.155 e. The van der Waals surface area contributed by atoms with Crippen LogP contribution in [-0.2, 0) is 9.59 Å². The third-order valence-corrected chi connectivity index (χ3v) is 10.2. The zero-order valence-electron chi connectivity index (χ0n) is 16.4. The molecule has 0 N–H and O–H groups in total. The predicted octanol–water partition coefficient (Wildman–Crippen LogP) is 5.28. The van der Waals surface area contributed by atoms with Crippen molar-refractivity contribution in [3.63, 3.8) is 0 Å². The van der Waals surface area contributed by atoms with Gasteiger partial charge >= 0.3 is 0 Å². The number of hydrogen-bond donors (Lipinski definition) is 0. The van der Waals surface area contributed by atoms with Crippen molar-refractivity contribution in [1.29, 1.82) is 0 Å². The lowest BCUT2D eigenvalue weighted by Gasteiger charge is -2.59. The highest BCUT2D eigenvalue weighted by atomic mass is 16.1. The van der Waals surface area contributed by atoms with Crippen molar-refractivity contribution in [3.8, 4) is 0 Å². The number of rotatable bonds is 2. The van der Waals surface area contributed by atoms with Gasteiger partial charge in [0.2, 0.25) is 0 Å². The van der Waals surface area contributed by atoms with E-state index >= 15 is 0 Å². The van der Waals surface area contributed by atoms with Gasteiger partial charge in [0.15, 0.2) is 5.78 Å². The number of ketones is 2. The molecule has 26 heavy (non-hydrogen) atoms. The van der Waals surface area contributed by atoms with Gasteiger partial charge in [0.25, 0.3) is 0 Å². The quantitative estimate of drug-likeness (QED) is 0.634. The van der Waals surface area contributed by atoms with Crippen molar-refractivity contribution in [2.45, 2.75) is 71.6 Å². The van der Waals surface area contributed by atoms with Crippen LogP contribution >= 0.6 is 0 Å². The van der Waals surface area contributed by atoms with E-state index in [2.05, 4.69) is 19.6 Å². The highest BCUT2D eigenvalue weighted by Gasteiger charge is 2.77. The third kappa shape index (κ3) is 1.66. The molecule has 4 saturated carbocycles. The Kier molecular flexibility index (Phi) is 3.39. The van der Waals surface area contributed by atoms with E-state index in [4.69, 9.17) is 0 Å². The molecule has 140 valence electrons. The number of hydrogen-bond acceptors (Lipinski definition) is 2. The summed E-state index contributed by atoms with van der Waals surface area (Å²) in [7, 11) is 0. The normalized spacial score (nSPS) is 51.9. The van der Waals surface area contributed by atoms with Crippen molar-refractivity contribution >= 4 is 11.6 Å². The Morgan fingerprint density at radius 2 is 2.00 bits per heavy atom. The topological polar surface area (TPSA) is 34.1 Å². The van der Waals surface area contributed by atoms with Crippen LogP contribution in [0.25, 0.3) is 0 Å². The van der Waals surface area contributed by atoms with Crippen LogP contribution in [0.2, 0.25) is 0 Å². The van der Waals surface area contributed by atoms with Gasteiger partial charge in [-0.05, 0) is 98.9 Å². The second-order valence-corrected chi connectivity index (χ2v) is 10.2. The first kappa shape index (κ1) is 17.0. The van der Waals surface area contributed by atoms with Gasteiger partial charge in [0, 0.05) is 11.8 Å². The van der Waals surface area contributed by atoms with E-state index in [1.165, 1.54) is 37.7 Å². The molecule has 0 saturated heterocycles. The molecule has 4 fully saturated rings. The van der Waals surface area contributed by atoms with E-state index in [0.717, 1.165) is 37.5 Å². The van der Waals surface area contributed by atoms with Crippen LogP contribution in [0.5, 0.6) is 0 Å². The standard InChI is InChI=1S/C24H32O2/c1-4-17-14-23-11-12-24(17,15(2)25)22(23,3)10-9-20-19-7-6-18(26)13-16(19)5-8-21(20)23/h4,13,17,19-21H,1,5-12,14H2,2-3H3/t17?,19-,20+,21+,22-,23?,24-/m0/s1. The zero-order valence-corrected chi connectivity index (χ0v) is 16.4. The molecule has 5 aliphatic carbocycles. The Bertz CT molecular complexity index is 732. The van der Waals surface area contributed by atoms with Gasteiger partial charge in [0.05, 0.1) is 0 Å². The molecule has 0 spiro atoms. The predicted molar refractivity (Wildman–Crippen MR) is 102 cm³/mol. The molecule has 0 aromatic rings. The molecule has 0 aromatic carbocycles. The average Bonchev–Trinajstić information content (AvgIpc) is 3.03. The van der Waals surface area contributed by atoms with E-state index in [0.29, 0.717) is 28.8 Å². The molecule has 0 radical (unpaired) electrons. The van der Waals surface area contributed by atoms with E-state index in [1.807, 2.05) is 13.0 Å². The van der Waals surface area contributed by atoms with Crippen LogP contribution in [0.4, 0.5) is 0 Å². The van der Waals surface area contributed by atoms with Crippen LogP contribution in [0.3, 0.4) is 0 Å². The lowest BCUT2D eigenvalue weighted by Crippen LogP contribution is -2.54. The molecule has 0 amide bonds. The summed E-state index contributed by atoms with van der Waals surface area (Å²) in [4.78, 5) is 24.9. The van der Waals surface area contributed by atoms with Crippen LogP contribution in [0.1, 0.15) is 71.6 Å². The Morgan fingerprint density at radius 3 is 2.73 bits per heavy atom. The molecular weight excluding hydrogens is 320 g/mol. The largest absolute Gasteiger partial charge is 0.299 e. The van der Waals surface area contributed by atoms with Crippen LogP contribution in [-0.4, -0.2) is 11.6 Å². The number of allylic oxidation sites excluding steroid dienone is 2. The Labute approximate surface area is 157 Å². The summed E-state index contributed by atoms with van der Waals surface area (Å²) in [6, 6.07) is 0. The van der Waals surface area contributed by atoms with Crippen molar-refractivity contribution < 1.29 is 9.59 Å². The Balaban J connectivity index is 1.59. The number of carbonyl (C=O) groups excluding carboxylic acids is 2. The highest BCUT2D eigenvalue weighted by Crippen LogP contribution is 2.82. The Morgan fingerprint density at radius 1 is 1.19 bits per heavy atom. The first-order valence-corrected chi connectivity index (χ1v) is 10.8. The molecule has 7 atom stereocenters. The second-order valence-electron chi connectivity index (χ2n) is 10.2. The van der Waals surface area contributed by atoms with Crippen molar-refractivity contribution in [2.75, 3.05) is 0 Å². The number of fused-ring (bicyclic) bond motifs is 3. The van der Waals surface area contributed by atoms with Crippen LogP contribution in [0.15, 0.2) is 24.3 Å². The fraction of sp³-hybridized carbons (Fsp3) is 0.750. The van der Waals surface area contributed by atoms with Crippen molar-refractivity contribution in [3.05, 3.63) is 24.3 Å². The molecule has 0 heterocycles. The van der Waals surface area contributed by atoms with Gasteiger partial charge in [-0.15, -0.1) is 6.58 Å². The van der Waals surface area contributed by atoms with E-state index in [-0.39, 0.29) is 10.8 Å². The van der Waals surface area contributed by atoms with Gasteiger partial charge in [-0.25, -0.2) is 0 Å². The van der Waals surface area contributed by atoms with E-state index in [9.17, 15) is 9.59 Å². The number of Topliss-reactive ketones (excluding diaryl/α,β-unsaturated/α-hetero) is 1. The molecule has 5 aliphatic rings. The fourth-order valence-electron chi connectivity index (χ4n) is 9.21. The lowest BCUT2D eigenvalue weighted by atomic mass is 9.45. The second kappa shape index (κ2) is 5.20. The zero-order chi connectivity index (χ0) is 18.3. The maximum absolute atomic E-state index is 13.0. The highest BCUT2D eigenvalue weighted by molar-refractivity contribution is 5.91. The van der Waals surface area contributed by atoms with Crippen molar-refractivity contribution in [1.82, 2.24) is 0 Å². The molecule has 5 rings (SSSR count). The summed E-state index contributed by atoms with van der Waals surface area (Å²) >= 11 is 0. The van der Waals surface area contributed by atoms with Gasteiger partial charge < -0.3 is 0 Å². The van der Waals surface area contributed by atoms with Crippen LogP contribution < -0.4 is 0 Å². The maximum Gasteiger partial charge on any atom is 0.155 e. The summed E-state index contributed by atoms with van der Waals surface area (Å²) in [5.41, 5.74) is 1.78. The summed E-state index contributed by atoms with van der Waals surface area (Å²) in [5.74, 6) is 3.24. The first-order valence-electron chi connectivity index (χ1n) is 10.8. The van der Waals surface area contributed by atoms with Gasteiger partial charge in [-0.3, -0.25) is 9.59 Å². The SMILES string of the molecule is C=CC1CC23CC[C@@]1(C(C)=O)[C@@]2(C)CC[C@H]1[C@H]3CCC2=CC(=O)CC[C@@H]21. The van der Waals surface area contributed by atoms with Crippen LogP contribution in [0, 0.1) is 39.9 Å². The molecular formula is C24H32O2. The van der Waals surface area contributed by atoms with Gasteiger partial charge in [0.1, 0.15) is 5.78 Å². The first-order chi connectivity index (χ1) is 12.4. The summed E-state index contributed by atoms with van der Waals surface area (Å²) in [5, 5.41) is 0. The molecule has 0 aromatic heterocycles.